The Bertz CT molecular complexity index is 1270. The van der Waals surface area contributed by atoms with Crippen molar-refractivity contribution in [3.8, 4) is 0 Å². The van der Waals surface area contributed by atoms with Crippen molar-refractivity contribution < 1.29 is 9.53 Å². The van der Waals surface area contributed by atoms with E-state index in [0.29, 0.717) is 11.6 Å². The van der Waals surface area contributed by atoms with Crippen molar-refractivity contribution in [1.29, 1.82) is 0 Å². The number of carbonyl (C=O) groups is 1. The van der Waals surface area contributed by atoms with Crippen molar-refractivity contribution in [2.75, 3.05) is 0 Å². The standard InChI is InChI=1S/C28H34ClN5O2/c1-26(2,3)36-25(35)34(18-19-7-5-4-6-8-19)28-13-10-27(11-14-28,12-15-28)23(33-30)22-20-9-16-31-24(20)32-17-21(22)29/h4-9,16-17H,10-15,18,30H2,1-3H3,(H,31,32). The second-order valence-corrected chi connectivity index (χ2v) is 11.7. The zero-order valence-electron chi connectivity index (χ0n) is 21.2. The Labute approximate surface area is 217 Å². The summed E-state index contributed by atoms with van der Waals surface area (Å²) in [6.07, 6.45) is 8.48. The molecule has 1 aromatic carbocycles. The minimum atomic E-state index is -0.560. The molecule has 2 bridgehead atoms. The number of hydrazone groups is 1. The van der Waals surface area contributed by atoms with Gasteiger partial charge in [0, 0.05) is 40.8 Å². The summed E-state index contributed by atoms with van der Waals surface area (Å²) in [6.45, 7) is 6.28. The molecule has 3 aromatic rings. The summed E-state index contributed by atoms with van der Waals surface area (Å²) in [6, 6.07) is 12.1. The van der Waals surface area contributed by atoms with E-state index in [1.807, 2.05) is 56.1 Å². The van der Waals surface area contributed by atoms with Gasteiger partial charge >= 0.3 is 6.09 Å². The highest BCUT2D eigenvalue weighted by Crippen LogP contribution is 2.57. The van der Waals surface area contributed by atoms with Gasteiger partial charge in [-0.1, -0.05) is 41.9 Å². The van der Waals surface area contributed by atoms with Gasteiger partial charge in [-0.05, 0) is 70.9 Å². The van der Waals surface area contributed by atoms with Crippen LogP contribution >= 0.6 is 11.6 Å². The molecule has 1 amide bonds. The molecule has 8 heteroatoms. The predicted octanol–water partition coefficient (Wildman–Crippen LogP) is 6.41. The molecule has 3 saturated carbocycles. The molecule has 0 atom stereocenters. The molecule has 0 unspecified atom stereocenters. The fourth-order valence-corrected chi connectivity index (χ4v) is 6.37. The van der Waals surface area contributed by atoms with Crippen molar-refractivity contribution in [2.24, 2.45) is 16.4 Å². The number of nitrogens with zero attached hydrogens (tertiary/aromatic N) is 3. The quantitative estimate of drug-likeness (QED) is 0.237. The Morgan fingerprint density at radius 3 is 2.42 bits per heavy atom. The summed E-state index contributed by atoms with van der Waals surface area (Å²) >= 11 is 6.67. The Kier molecular flexibility index (Phi) is 6.23. The van der Waals surface area contributed by atoms with Crippen molar-refractivity contribution in [3.63, 3.8) is 0 Å². The SMILES string of the molecule is CC(C)(C)OC(=O)N(Cc1ccccc1)C12CCC(C(=NN)c3c(Cl)cnc4[nH]ccc34)(CC1)CC2. The molecule has 6 rings (SSSR count). The number of hydrogen-bond donors (Lipinski definition) is 2. The zero-order chi connectivity index (χ0) is 25.6. The topological polar surface area (TPSA) is 96.6 Å². The number of carbonyl (C=O) groups excluding carboxylic acids is 1. The number of H-pyrrole nitrogens is 1. The molecular weight excluding hydrogens is 474 g/mol. The van der Waals surface area contributed by atoms with E-state index < -0.39 is 5.60 Å². The molecular formula is C28H34ClN5O2. The maximum absolute atomic E-state index is 13.5. The first-order valence-electron chi connectivity index (χ1n) is 12.6. The Morgan fingerprint density at radius 1 is 1.14 bits per heavy atom. The molecule has 3 N–H and O–H groups in total. The van der Waals surface area contributed by atoms with Gasteiger partial charge in [-0.15, -0.1) is 0 Å². The summed E-state index contributed by atoms with van der Waals surface area (Å²) in [7, 11) is 0. The van der Waals surface area contributed by atoms with Crippen LogP contribution < -0.4 is 5.84 Å². The van der Waals surface area contributed by atoms with Crippen LogP contribution in [0.5, 0.6) is 0 Å². The van der Waals surface area contributed by atoms with Crippen molar-refractivity contribution in [3.05, 3.63) is 64.9 Å². The van der Waals surface area contributed by atoms with Gasteiger partial charge in [0.15, 0.2) is 0 Å². The van der Waals surface area contributed by atoms with Crippen LogP contribution in [0.3, 0.4) is 0 Å². The first-order chi connectivity index (χ1) is 17.2. The van der Waals surface area contributed by atoms with Crippen molar-refractivity contribution in [1.82, 2.24) is 14.9 Å². The highest BCUT2D eigenvalue weighted by molar-refractivity contribution is 6.36. The van der Waals surface area contributed by atoms with Crippen LogP contribution in [-0.2, 0) is 11.3 Å². The fourth-order valence-electron chi connectivity index (χ4n) is 6.13. The van der Waals surface area contributed by atoms with Crippen LogP contribution in [0, 0.1) is 5.41 Å². The lowest BCUT2D eigenvalue weighted by Gasteiger charge is -2.57. The number of benzene rings is 1. The zero-order valence-corrected chi connectivity index (χ0v) is 21.9. The van der Waals surface area contributed by atoms with Crippen LogP contribution in [-0.4, -0.2) is 37.8 Å². The van der Waals surface area contributed by atoms with Crippen molar-refractivity contribution >= 4 is 34.4 Å². The molecule has 0 saturated heterocycles. The van der Waals surface area contributed by atoms with Crippen LogP contribution in [0.25, 0.3) is 11.0 Å². The molecule has 36 heavy (non-hydrogen) atoms. The number of pyridine rings is 1. The molecule has 3 fully saturated rings. The number of nitrogens with two attached hydrogens (primary N) is 1. The van der Waals surface area contributed by atoms with Gasteiger partial charge in [0.2, 0.25) is 0 Å². The number of rotatable bonds is 5. The number of hydrogen-bond acceptors (Lipinski definition) is 5. The summed E-state index contributed by atoms with van der Waals surface area (Å²) in [5.41, 5.74) is 2.58. The third-order valence-electron chi connectivity index (χ3n) is 7.99. The maximum atomic E-state index is 13.5. The summed E-state index contributed by atoms with van der Waals surface area (Å²) in [5, 5.41) is 5.84. The second-order valence-electron chi connectivity index (χ2n) is 11.3. The molecule has 190 valence electrons. The summed E-state index contributed by atoms with van der Waals surface area (Å²) in [4.78, 5) is 23.1. The lowest BCUT2D eigenvalue weighted by molar-refractivity contribution is -0.0512. The van der Waals surface area contributed by atoms with Crippen LogP contribution in [0.15, 0.2) is 53.9 Å². The monoisotopic (exact) mass is 507 g/mol. The number of fused-ring (bicyclic) bond motifs is 4. The Hall–Kier alpha value is -3.06. The minimum absolute atomic E-state index is 0.182. The maximum Gasteiger partial charge on any atom is 0.411 e. The van der Waals surface area contributed by atoms with Crippen LogP contribution in [0.4, 0.5) is 4.79 Å². The van der Waals surface area contributed by atoms with Gasteiger partial charge in [-0.25, -0.2) is 9.78 Å². The summed E-state index contributed by atoms with van der Waals surface area (Å²) < 4.78 is 5.90. The minimum Gasteiger partial charge on any atom is -0.444 e. The average molecular weight is 508 g/mol. The molecule has 0 aliphatic heterocycles. The fraction of sp³-hybridized carbons (Fsp3) is 0.464. The highest BCUT2D eigenvalue weighted by atomic mass is 35.5. The van der Waals surface area contributed by atoms with Gasteiger partial charge in [-0.2, -0.15) is 5.10 Å². The van der Waals surface area contributed by atoms with Gasteiger partial charge in [-0.3, -0.25) is 4.90 Å². The number of amides is 1. The van der Waals surface area contributed by atoms with Gasteiger partial charge in [0.05, 0.1) is 10.7 Å². The normalized spacial score (nSPS) is 24.2. The van der Waals surface area contributed by atoms with E-state index in [-0.39, 0.29) is 17.0 Å². The number of aromatic nitrogens is 2. The summed E-state index contributed by atoms with van der Waals surface area (Å²) in [5.74, 6) is 6.07. The third kappa shape index (κ3) is 4.34. The van der Waals surface area contributed by atoms with Crippen LogP contribution in [0.2, 0.25) is 5.02 Å². The third-order valence-corrected chi connectivity index (χ3v) is 8.27. The first kappa shape index (κ1) is 24.6. The van der Waals surface area contributed by atoms with E-state index in [4.69, 9.17) is 22.2 Å². The lowest BCUT2D eigenvalue weighted by atomic mass is 9.54. The Balaban J connectivity index is 1.46. The molecule has 2 aromatic heterocycles. The molecule has 0 radical (unpaired) electrons. The van der Waals surface area contributed by atoms with Crippen molar-refractivity contribution in [2.45, 2.75) is 77.0 Å². The second kappa shape index (κ2) is 9.11. The van der Waals surface area contributed by atoms with Gasteiger partial charge in [0.1, 0.15) is 11.2 Å². The lowest BCUT2D eigenvalue weighted by Crippen LogP contribution is -2.60. The molecule has 7 nitrogen and oxygen atoms in total. The smallest absolute Gasteiger partial charge is 0.411 e. The highest BCUT2D eigenvalue weighted by Gasteiger charge is 2.55. The molecule has 2 heterocycles. The van der Waals surface area contributed by atoms with Gasteiger partial charge < -0.3 is 15.6 Å². The van der Waals surface area contributed by atoms with Crippen LogP contribution in [0.1, 0.15) is 70.4 Å². The van der Waals surface area contributed by atoms with E-state index in [2.05, 4.69) is 27.2 Å². The Morgan fingerprint density at radius 2 is 1.81 bits per heavy atom. The first-order valence-corrected chi connectivity index (χ1v) is 13.0. The van der Waals surface area contributed by atoms with E-state index in [1.165, 1.54) is 0 Å². The van der Waals surface area contributed by atoms with E-state index in [1.54, 1.807) is 6.20 Å². The van der Waals surface area contributed by atoms with E-state index in [9.17, 15) is 4.79 Å². The molecule has 3 aliphatic rings. The predicted molar refractivity (Wildman–Crippen MR) is 143 cm³/mol. The molecule has 0 spiro atoms. The number of ether oxygens (including phenoxy) is 1. The van der Waals surface area contributed by atoms with Gasteiger partial charge in [0.25, 0.3) is 0 Å². The number of halogens is 1. The van der Waals surface area contributed by atoms with E-state index >= 15 is 0 Å². The van der Waals surface area contributed by atoms with E-state index in [0.717, 1.165) is 66.4 Å². The number of nitrogens with one attached hydrogen (secondary N) is 1. The largest absolute Gasteiger partial charge is 0.444 e. The average Bonchev–Trinajstić information content (AvgIpc) is 3.34. The molecule has 3 aliphatic carbocycles. The number of aromatic amines is 1.